The van der Waals surface area contributed by atoms with Crippen LogP contribution < -0.4 is 5.32 Å². The predicted octanol–water partition coefficient (Wildman–Crippen LogP) is 4.18. The number of halogens is 4. The van der Waals surface area contributed by atoms with Gasteiger partial charge in [0.05, 0.1) is 11.1 Å². The van der Waals surface area contributed by atoms with Gasteiger partial charge >= 0.3 is 0 Å². The Bertz CT molecular complexity index is 542. The molecule has 0 saturated heterocycles. The minimum absolute atomic E-state index is 0.457. The Labute approximate surface area is 130 Å². The lowest BCUT2D eigenvalue weighted by Crippen LogP contribution is -2.52. The third-order valence-corrected chi connectivity index (χ3v) is 5.22. The quantitative estimate of drug-likeness (QED) is 0.633. The van der Waals surface area contributed by atoms with Crippen molar-refractivity contribution < 1.29 is 18.0 Å². The van der Waals surface area contributed by atoms with Gasteiger partial charge in [-0.1, -0.05) is 22.9 Å². The summed E-state index contributed by atoms with van der Waals surface area (Å²) in [6.07, 6.45) is 3.48. The van der Waals surface area contributed by atoms with Crippen LogP contribution in [0.4, 0.5) is 13.2 Å². The average Bonchev–Trinajstić information content (AvgIpc) is 2.47. The zero-order valence-corrected chi connectivity index (χ0v) is 13.3. The van der Waals surface area contributed by atoms with Crippen molar-refractivity contribution in [2.24, 2.45) is 5.92 Å². The van der Waals surface area contributed by atoms with E-state index in [1.807, 2.05) is 0 Å². The molecule has 0 heterocycles. The van der Waals surface area contributed by atoms with Crippen molar-refractivity contribution in [3.63, 3.8) is 0 Å². The molecule has 1 aromatic rings. The molecule has 2 nitrogen and oxygen atoms in total. The van der Waals surface area contributed by atoms with Crippen LogP contribution in [0.15, 0.2) is 12.1 Å². The molecule has 0 unspecified atom stereocenters. The summed E-state index contributed by atoms with van der Waals surface area (Å²) in [5.41, 5.74) is -0.922. The highest BCUT2D eigenvalue weighted by Crippen LogP contribution is 2.33. The van der Waals surface area contributed by atoms with Crippen molar-refractivity contribution in [1.29, 1.82) is 0 Å². The normalized spacial score (nSPS) is 25.7. The van der Waals surface area contributed by atoms with Crippen molar-refractivity contribution in [3.8, 4) is 0 Å². The summed E-state index contributed by atoms with van der Waals surface area (Å²) in [5, 5.41) is 3.34. The lowest BCUT2D eigenvalue weighted by molar-refractivity contribution is 0.0869. The summed E-state index contributed by atoms with van der Waals surface area (Å²) in [6.45, 7) is 2.15. The van der Waals surface area contributed by atoms with Gasteiger partial charge in [-0.15, -0.1) is 0 Å². The average molecular weight is 364 g/mol. The molecule has 1 N–H and O–H groups in total. The van der Waals surface area contributed by atoms with Crippen LogP contribution in [0.3, 0.4) is 0 Å². The van der Waals surface area contributed by atoms with Gasteiger partial charge in [0, 0.05) is 5.33 Å². The lowest BCUT2D eigenvalue weighted by Gasteiger charge is -2.39. The number of rotatable bonds is 3. The smallest absolute Gasteiger partial charge is 0.254 e. The zero-order chi connectivity index (χ0) is 15.6. The molecule has 116 valence electrons. The predicted molar refractivity (Wildman–Crippen MR) is 77.9 cm³/mol. The molecule has 1 saturated carbocycles. The van der Waals surface area contributed by atoms with Crippen molar-refractivity contribution in [3.05, 3.63) is 35.1 Å². The fourth-order valence-corrected chi connectivity index (χ4v) is 3.32. The number of hydrogen-bond acceptors (Lipinski definition) is 1. The van der Waals surface area contributed by atoms with E-state index in [9.17, 15) is 18.0 Å². The third-order valence-electron chi connectivity index (χ3n) is 4.15. The Morgan fingerprint density at radius 1 is 1.29 bits per heavy atom. The first-order chi connectivity index (χ1) is 9.88. The molecular formula is C15H17BrF3NO. The lowest BCUT2D eigenvalue weighted by atomic mass is 9.78. The van der Waals surface area contributed by atoms with E-state index in [0.29, 0.717) is 11.2 Å². The second kappa shape index (κ2) is 6.38. The number of alkyl halides is 1. The van der Waals surface area contributed by atoms with Crippen molar-refractivity contribution in [2.75, 3.05) is 5.33 Å². The van der Waals surface area contributed by atoms with Gasteiger partial charge in [0.2, 0.25) is 0 Å². The second-order valence-corrected chi connectivity index (χ2v) is 6.33. The molecule has 0 aliphatic heterocycles. The van der Waals surface area contributed by atoms with E-state index in [2.05, 4.69) is 28.2 Å². The minimum Gasteiger partial charge on any atom is -0.346 e. The molecule has 0 aromatic heterocycles. The Morgan fingerprint density at radius 2 is 1.90 bits per heavy atom. The summed E-state index contributed by atoms with van der Waals surface area (Å²) in [5.74, 6) is -4.48. The molecule has 2 rings (SSSR count). The highest BCUT2D eigenvalue weighted by molar-refractivity contribution is 9.09. The van der Waals surface area contributed by atoms with E-state index in [-0.39, 0.29) is 0 Å². The number of amides is 1. The van der Waals surface area contributed by atoms with Crippen LogP contribution in [-0.4, -0.2) is 16.8 Å². The molecule has 0 radical (unpaired) electrons. The first kappa shape index (κ1) is 16.3. The van der Waals surface area contributed by atoms with Crippen LogP contribution >= 0.6 is 15.9 Å². The van der Waals surface area contributed by atoms with E-state index < -0.39 is 34.5 Å². The van der Waals surface area contributed by atoms with Crippen molar-refractivity contribution in [2.45, 2.75) is 38.1 Å². The number of hydrogen-bond donors (Lipinski definition) is 1. The Hall–Kier alpha value is -1.04. The highest BCUT2D eigenvalue weighted by atomic mass is 79.9. The Balaban J connectivity index is 2.19. The molecule has 1 fully saturated rings. The fraction of sp³-hybridized carbons (Fsp3) is 0.533. The molecule has 1 aliphatic carbocycles. The summed E-state index contributed by atoms with van der Waals surface area (Å²) in [6, 6.07) is 1.73. The van der Waals surface area contributed by atoms with E-state index in [0.717, 1.165) is 37.8 Å². The highest BCUT2D eigenvalue weighted by Gasteiger charge is 2.35. The summed E-state index contributed by atoms with van der Waals surface area (Å²) in [7, 11) is 0. The number of carbonyl (C=O) groups excluding carboxylic acids is 1. The minimum atomic E-state index is -1.62. The number of benzene rings is 1. The molecule has 6 heteroatoms. The van der Waals surface area contributed by atoms with Gasteiger partial charge in [-0.3, -0.25) is 4.79 Å². The largest absolute Gasteiger partial charge is 0.346 e. The van der Waals surface area contributed by atoms with Gasteiger partial charge in [0.15, 0.2) is 17.5 Å². The molecule has 0 bridgehead atoms. The molecule has 21 heavy (non-hydrogen) atoms. The SMILES string of the molecule is CC1CCC(CBr)(NC(=O)c2ccc(F)c(F)c2F)CC1. The van der Waals surface area contributed by atoms with E-state index in [4.69, 9.17) is 0 Å². The van der Waals surface area contributed by atoms with Crippen LogP contribution in [0, 0.1) is 23.4 Å². The van der Waals surface area contributed by atoms with E-state index >= 15 is 0 Å². The van der Waals surface area contributed by atoms with E-state index in [1.54, 1.807) is 0 Å². The van der Waals surface area contributed by atoms with Crippen LogP contribution in [0.5, 0.6) is 0 Å². The van der Waals surface area contributed by atoms with Crippen molar-refractivity contribution in [1.82, 2.24) is 5.32 Å². The van der Waals surface area contributed by atoms with Gasteiger partial charge in [-0.25, -0.2) is 13.2 Å². The molecule has 0 atom stereocenters. The van der Waals surface area contributed by atoms with Crippen molar-refractivity contribution >= 4 is 21.8 Å². The zero-order valence-electron chi connectivity index (χ0n) is 11.7. The Kier molecular flexibility index (Phi) is 4.96. The maximum atomic E-state index is 13.7. The maximum Gasteiger partial charge on any atom is 0.254 e. The van der Waals surface area contributed by atoms with E-state index in [1.165, 1.54) is 0 Å². The number of nitrogens with one attached hydrogen (secondary N) is 1. The number of carbonyl (C=O) groups is 1. The van der Waals surface area contributed by atoms with Crippen LogP contribution in [0.1, 0.15) is 43.0 Å². The standard InChI is InChI=1S/C15H17BrF3NO/c1-9-4-6-15(8-16,7-5-9)20-14(21)10-2-3-11(17)13(19)12(10)18/h2-3,9H,4-8H2,1H3,(H,20,21). The topological polar surface area (TPSA) is 29.1 Å². The van der Waals surface area contributed by atoms with Crippen LogP contribution in [-0.2, 0) is 0 Å². The van der Waals surface area contributed by atoms with Gasteiger partial charge in [-0.2, -0.15) is 0 Å². The molecule has 1 aliphatic rings. The fourth-order valence-electron chi connectivity index (χ4n) is 2.62. The summed E-state index contributed by atoms with van der Waals surface area (Å²) in [4.78, 5) is 12.2. The Morgan fingerprint density at radius 3 is 2.48 bits per heavy atom. The van der Waals surface area contributed by atoms with Gasteiger partial charge in [0.1, 0.15) is 0 Å². The van der Waals surface area contributed by atoms with Gasteiger partial charge in [0.25, 0.3) is 5.91 Å². The first-order valence-electron chi connectivity index (χ1n) is 6.90. The molecule has 1 aromatic carbocycles. The summed E-state index contributed by atoms with van der Waals surface area (Å²) < 4.78 is 39.8. The van der Waals surface area contributed by atoms with Crippen LogP contribution in [0.25, 0.3) is 0 Å². The first-order valence-corrected chi connectivity index (χ1v) is 8.02. The second-order valence-electron chi connectivity index (χ2n) is 5.77. The molecule has 1 amide bonds. The maximum absolute atomic E-state index is 13.7. The monoisotopic (exact) mass is 363 g/mol. The van der Waals surface area contributed by atoms with Crippen LogP contribution in [0.2, 0.25) is 0 Å². The molecular weight excluding hydrogens is 347 g/mol. The molecule has 0 spiro atoms. The summed E-state index contributed by atoms with van der Waals surface area (Å²) >= 11 is 3.39. The van der Waals surface area contributed by atoms with Gasteiger partial charge in [-0.05, 0) is 43.7 Å². The van der Waals surface area contributed by atoms with Gasteiger partial charge < -0.3 is 5.32 Å². The third kappa shape index (κ3) is 3.42.